The highest BCUT2D eigenvalue weighted by Gasteiger charge is 2.21. The molecule has 2 aromatic rings. The molecule has 1 N–H and O–H groups in total. The van der Waals surface area contributed by atoms with Crippen LogP contribution in [-0.2, 0) is 0 Å². The Balaban J connectivity index is 2.44. The number of benzene rings is 1. The number of hydrogen-bond donors (Lipinski definition) is 1. The molecule has 2 rings (SSSR count). The van der Waals surface area contributed by atoms with Gasteiger partial charge in [0.1, 0.15) is 5.82 Å². The maximum Gasteiger partial charge on any atom is 0.128 e. The van der Waals surface area contributed by atoms with E-state index in [0.717, 1.165) is 29.8 Å². The van der Waals surface area contributed by atoms with Gasteiger partial charge in [-0.05, 0) is 44.0 Å². The summed E-state index contributed by atoms with van der Waals surface area (Å²) in [5.41, 5.74) is 5.32. The summed E-state index contributed by atoms with van der Waals surface area (Å²) in [6, 6.07) is 3.45. The largest absolute Gasteiger partial charge is 0.305 e. The number of aryl methyl sites for hydroxylation is 2. The Bertz CT molecular complexity index is 514. The van der Waals surface area contributed by atoms with Gasteiger partial charge in [-0.15, -0.1) is 11.3 Å². The monoisotopic (exact) mass is 278 g/mol. The first-order valence-corrected chi connectivity index (χ1v) is 7.46. The average molecular weight is 278 g/mol. The summed E-state index contributed by atoms with van der Waals surface area (Å²) >= 11 is 1.54. The minimum Gasteiger partial charge on any atom is -0.305 e. The Morgan fingerprint density at radius 3 is 2.74 bits per heavy atom. The highest BCUT2D eigenvalue weighted by Crippen LogP contribution is 2.28. The lowest BCUT2D eigenvalue weighted by Gasteiger charge is -2.20. The highest BCUT2D eigenvalue weighted by atomic mass is 32.1. The SMILES string of the molecule is CCCNC(c1cscn1)c1c(C)cc(C)cc1F. The fourth-order valence-corrected chi connectivity index (χ4v) is 2.88. The van der Waals surface area contributed by atoms with Gasteiger partial charge in [0.25, 0.3) is 0 Å². The Labute approximate surface area is 117 Å². The number of thiazole rings is 1. The van der Waals surface area contributed by atoms with Crippen molar-refractivity contribution in [2.75, 3.05) is 6.54 Å². The van der Waals surface area contributed by atoms with E-state index in [1.54, 1.807) is 11.6 Å². The molecule has 0 spiro atoms. The summed E-state index contributed by atoms with van der Waals surface area (Å²) in [5, 5.41) is 5.37. The van der Waals surface area contributed by atoms with Crippen LogP contribution in [0.25, 0.3) is 0 Å². The van der Waals surface area contributed by atoms with Crippen molar-refractivity contribution in [2.24, 2.45) is 0 Å². The molecule has 0 fully saturated rings. The molecule has 2 nitrogen and oxygen atoms in total. The van der Waals surface area contributed by atoms with Crippen molar-refractivity contribution in [3.05, 3.63) is 51.2 Å². The molecule has 0 radical (unpaired) electrons. The van der Waals surface area contributed by atoms with Crippen LogP contribution in [0.2, 0.25) is 0 Å². The number of rotatable bonds is 5. The summed E-state index contributed by atoms with van der Waals surface area (Å²) in [4.78, 5) is 4.34. The molecule has 0 aliphatic rings. The Kier molecular flexibility index (Phi) is 4.66. The lowest BCUT2D eigenvalue weighted by Crippen LogP contribution is -2.25. The third-order valence-corrected chi connectivity index (χ3v) is 3.72. The summed E-state index contributed by atoms with van der Waals surface area (Å²) < 4.78 is 14.3. The molecular weight excluding hydrogens is 259 g/mol. The number of nitrogens with one attached hydrogen (secondary N) is 1. The predicted molar refractivity (Wildman–Crippen MR) is 78.1 cm³/mol. The second-order valence-electron chi connectivity index (χ2n) is 4.78. The standard InChI is InChI=1S/C15H19FN2S/c1-4-5-17-15(13-8-19-9-18-13)14-11(3)6-10(2)7-12(14)16/h6-9,15,17H,4-5H2,1-3H3. The van der Waals surface area contributed by atoms with E-state index < -0.39 is 0 Å². The first-order valence-electron chi connectivity index (χ1n) is 6.51. The molecule has 0 saturated heterocycles. The first kappa shape index (κ1) is 14.2. The molecule has 0 bridgehead atoms. The van der Waals surface area contributed by atoms with Crippen molar-refractivity contribution in [1.82, 2.24) is 10.3 Å². The normalized spacial score (nSPS) is 12.6. The van der Waals surface area contributed by atoms with Gasteiger partial charge in [-0.1, -0.05) is 13.0 Å². The maximum atomic E-state index is 14.3. The van der Waals surface area contributed by atoms with Crippen molar-refractivity contribution < 1.29 is 4.39 Å². The molecule has 0 aliphatic carbocycles. The molecule has 1 heterocycles. The molecule has 102 valence electrons. The van der Waals surface area contributed by atoms with E-state index in [1.807, 2.05) is 25.3 Å². The van der Waals surface area contributed by atoms with E-state index in [0.29, 0.717) is 5.56 Å². The van der Waals surface area contributed by atoms with Gasteiger partial charge in [0.15, 0.2) is 0 Å². The van der Waals surface area contributed by atoms with Crippen LogP contribution in [0.5, 0.6) is 0 Å². The predicted octanol–water partition coefficient (Wildman–Crippen LogP) is 3.99. The fraction of sp³-hybridized carbons (Fsp3) is 0.400. The van der Waals surface area contributed by atoms with E-state index in [2.05, 4.69) is 17.2 Å². The van der Waals surface area contributed by atoms with Gasteiger partial charge in [-0.3, -0.25) is 0 Å². The quantitative estimate of drug-likeness (QED) is 0.894. The topological polar surface area (TPSA) is 24.9 Å². The molecule has 4 heteroatoms. The third kappa shape index (κ3) is 3.19. The van der Waals surface area contributed by atoms with Gasteiger partial charge in [-0.25, -0.2) is 9.37 Å². The van der Waals surface area contributed by atoms with Crippen LogP contribution in [0.4, 0.5) is 4.39 Å². The van der Waals surface area contributed by atoms with Crippen molar-refractivity contribution in [1.29, 1.82) is 0 Å². The van der Waals surface area contributed by atoms with Crippen LogP contribution in [0.15, 0.2) is 23.0 Å². The van der Waals surface area contributed by atoms with E-state index in [1.165, 1.54) is 11.3 Å². The molecule has 1 unspecified atom stereocenters. The van der Waals surface area contributed by atoms with Gasteiger partial charge < -0.3 is 5.32 Å². The average Bonchev–Trinajstić information content (AvgIpc) is 2.85. The molecule has 0 aliphatic heterocycles. The molecule has 0 saturated carbocycles. The zero-order valence-electron chi connectivity index (χ0n) is 11.5. The second kappa shape index (κ2) is 6.26. The molecule has 0 amide bonds. The smallest absolute Gasteiger partial charge is 0.128 e. The zero-order valence-corrected chi connectivity index (χ0v) is 12.4. The van der Waals surface area contributed by atoms with Crippen LogP contribution >= 0.6 is 11.3 Å². The minimum absolute atomic E-state index is 0.154. The van der Waals surface area contributed by atoms with Crippen LogP contribution < -0.4 is 5.32 Å². The Morgan fingerprint density at radius 2 is 2.16 bits per heavy atom. The van der Waals surface area contributed by atoms with Crippen LogP contribution in [0, 0.1) is 19.7 Å². The van der Waals surface area contributed by atoms with Crippen molar-refractivity contribution in [3.63, 3.8) is 0 Å². The number of halogens is 1. The number of aromatic nitrogens is 1. The third-order valence-electron chi connectivity index (χ3n) is 3.12. The lowest BCUT2D eigenvalue weighted by molar-refractivity contribution is 0.537. The maximum absolute atomic E-state index is 14.3. The molecule has 1 atom stereocenters. The van der Waals surface area contributed by atoms with Gasteiger partial charge in [0, 0.05) is 10.9 Å². The Hall–Kier alpha value is -1.26. The number of hydrogen-bond acceptors (Lipinski definition) is 3. The van der Waals surface area contributed by atoms with E-state index in [9.17, 15) is 4.39 Å². The molecular formula is C15H19FN2S. The fourth-order valence-electron chi connectivity index (χ4n) is 2.30. The summed E-state index contributed by atoms with van der Waals surface area (Å²) in [6.07, 6.45) is 1.01. The van der Waals surface area contributed by atoms with Crippen molar-refractivity contribution in [3.8, 4) is 0 Å². The van der Waals surface area contributed by atoms with Gasteiger partial charge in [0.2, 0.25) is 0 Å². The second-order valence-corrected chi connectivity index (χ2v) is 5.50. The summed E-state index contributed by atoms with van der Waals surface area (Å²) in [6.45, 7) is 6.81. The lowest BCUT2D eigenvalue weighted by atomic mass is 9.96. The van der Waals surface area contributed by atoms with Crippen LogP contribution in [0.3, 0.4) is 0 Å². The first-order chi connectivity index (χ1) is 9.13. The molecule has 19 heavy (non-hydrogen) atoms. The molecule has 1 aromatic heterocycles. The van der Waals surface area contributed by atoms with E-state index in [-0.39, 0.29) is 11.9 Å². The number of nitrogens with zero attached hydrogens (tertiary/aromatic N) is 1. The Morgan fingerprint density at radius 1 is 1.37 bits per heavy atom. The molecule has 1 aromatic carbocycles. The van der Waals surface area contributed by atoms with Gasteiger partial charge in [-0.2, -0.15) is 0 Å². The van der Waals surface area contributed by atoms with E-state index >= 15 is 0 Å². The highest BCUT2D eigenvalue weighted by molar-refractivity contribution is 7.07. The minimum atomic E-state index is -0.160. The van der Waals surface area contributed by atoms with Crippen molar-refractivity contribution >= 4 is 11.3 Å². The zero-order chi connectivity index (χ0) is 13.8. The summed E-state index contributed by atoms with van der Waals surface area (Å²) in [5.74, 6) is -0.154. The van der Waals surface area contributed by atoms with Gasteiger partial charge >= 0.3 is 0 Å². The van der Waals surface area contributed by atoms with Crippen LogP contribution in [-0.4, -0.2) is 11.5 Å². The summed E-state index contributed by atoms with van der Waals surface area (Å²) in [7, 11) is 0. The van der Waals surface area contributed by atoms with Crippen molar-refractivity contribution in [2.45, 2.75) is 33.2 Å². The van der Waals surface area contributed by atoms with E-state index in [4.69, 9.17) is 0 Å². The van der Waals surface area contributed by atoms with Gasteiger partial charge in [0.05, 0.1) is 17.2 Å². The van der Waals surface area contributed by atoms with Crippen LogP contribution in [0.1, 0.15) is 41.8 Å².